The van der Waals surface area contributed by atoms with E-state index in [4.69, 9.17) is 0 Å². The van der Waals surface area contributed by atoms with Crippen molar-refractivity contribution in [1.82, 2.24) is 9.55 Å². The minimum Gasteiger partial charge on any atom is -0.313 e. The molecule has 56 valence electrons. The molecule has 0 bridgehead atoms. The number of imidazole rings is 1. The van der Waals surface area contributed by atoms with Crippen LogP contribution in [0.5, 0.6) is 0 Å². The summed E-state index contributed by atoms with van der Waals surface area (Å²) < 4.78 is 1.92. The summed E-state index contributed by atoms with van der Waals surface area (Å²) in [5.74, 6) is 0. The first-order valence-corrected chi connectivity index (χ1v) is 3.07. The quantitative estimate of drug-likeness (QED) is 0.645. The van der Waals surface area contributed by atoms with E-state index in [1.54, 1.807) is 12.5 Å². The van der Waals surface area contributed by atoms with Crippen LogP contribution < -0.4 is 0 Å². The smallest absolute Gasteiger partial charge is 0.0986 e. The Morgan fingerprint density at radius 1 is 1.60 bits per heavy atom. The van der Waals surface area contributed by atoms with E-state index in [2.05, 4.69) is 18.0 Å². The van der Waals surface area contributed by atoms with Crippen molar-refractivity contribution >= 4 is 18.6 Å². The van der Waals surface area contributed by atoms with Crippen LogP contribution in [-0.2, 0) is 0 Å². The molecule has 0 saturated heterocycles. The summed E-state index contributed by atoms with van der Waals surface area (Å²) in [6, 6.07) is 0. The third-order valence-corrected chi connectivity index (χ3v) is 1.04. The van der Waals surface area contributed by atoms with Gasteiger partial charge >= 0.3 is 0 Å². The summed E-state index contributed by atoms with van der Waals surface area (Å²) >= 11 is 0. The fourth-order valence-electron chi connectivity index (χ4n) is 0.585. The van der Waals surface area contributed by atoms with Crippen LogP contribution in [0.2, 0.25) is 0 Å². The molecule has 1 aromatic heterocycles. The third kappa shape index (κ3) is 2.69. The lowest BCUT2D eigenvalue weighted by atomic mass is 10.5. The Bertz CT molecular complexity index is 179. The summed E-state index contributed by atoms with van der Waals surface area (Å²) in [6.07, 6.45) is 10.6. The minimum atomic E-state index is 0. The second kappa shape index (κ2) is 5.06. The molecule has 0 unspecified atom stereocenters. The first-order valence-electron chi connectivity index (χ1n) is 3.07. The van der Waals surface area contributed by atoms with Crippen LogP contribution >= 0.6 is 12.4 Å². The van der Waals surface area contributed by atoms with Gasteiger partial charge in [-0.2, -0.15) is 0 Å². The van der Waals surface area contributed by atoms with Crippen LogP contribution in [0.3, 0.4) is 0 Å². The molecule has 0 saturated carbocycles. The number of allylic oxidation sites excluding steroid dienone is 1. The second-order valence-electron chi connectivity index (χ2n) is 1.80. The molecule has 1 heterocycles. The maximum atomic E-state index is 3.89. The van der Waals surface area contributed by atoms with Gasteiger partial charge in [0.25, 0.3) is 0 Å². The van der Waals surface area contributed by atoms with Gasteiger partial charge in [-0.1, -0.05) is 13.0 Å². The lowest BCUT2D eigenvalue weighted by molar-refractivity contribution is 1.11. The molecule has 10 heavy (non-hydrogen) atoms. The van der Waals surface area contributed by atoms with Crippen LogP contribution in [-0.4, -0.2) is 9.55 Å². The van der Waals surface area contributed by atoms with Crippen molar-refractivity contribution in [2.24, 2.45) is 0 Å². The van der Waals surface area contributed by atoms with Crippen LogP contribution in [0.25, 0.3) is 6.20 Å². The monoisotopic (exact) mass is 158 g/mol. The average molecular weight is 159 g/mol. The maximum Gasteiger partial charge on any atom is 0.0986 e. The van der Waals surface area contributed by atoms with E-state index < -0.39 is 0 Å². The van der Waals surface area contributed by atoms with Gasteiger partial charge in [-0.05, 0) is 6.42 Å². The minimum absolute atomic E-state index is 0. The number of hydrogen-bond donors (Lipinski definition) is 0. The Balaban J connectivity index is 0.000000810. The number of rotatable bonds is 2. The summed E-state index contributed by atoms with van der Waals surface area (Å²) in [7, 11) is 0. The van der Waals surface area contributed by atoms with Gasteiger partial charge in [0.15, 0.2) is 0 Å². The average Bonchev–Trinajstić information content (AvgIpc) is 2.34. The molecule has 0 fully saturated rings. The fraction of sp³-hybridized carbons (Fsp3) is 0.286. The van der Waals surface area contributed by atoms with Gasteiger partial charge in [0, 0.05) is 18.6 Å². The second-order valence-corrected chi connectivity index (χ2v) is 1.80. The van der Waals surface area contributed by atoms with E-state index in [1.165, 1.54) is 0 Å². The normalized spacial score (nSPS) is 9.70. The third-order valence-electron chi connectivity index (χ3n) is 1.04. The van der Waals surface area contributed by atoms with E-state index in [9.17, 15) is 0 Å². The Morgan fingerprint density at radius 3 is 2.90 bits per heavy atom. The van der Waals surface area contributed by atoms with Crippen molar-refractivity contribution in [1.29, 1.82) is 0 Å². The molecule has 0 aliphatic rings. The van der Waals surface area contributed by atoms with Gasteiger partial charge in [-0.3, -0.25) is 0 Å². The van der Waals surface area contributed by atoms with E-state index >= 15 is 0 Å². The van der Waals surface area contributed by atoms with Crippen molar-refractivity contribution in [3.8, 4) is 0 Å². The number of halogens is 1. The standard InChI is InChI=1S/C7H10N2.ClH/c1-2-3-5-9-6-4-8-7-9;/h3-7H,2H2,1H3;1H. The van der Waals surface area contributed by atoms with Crippen LogP contribution in [0.4, 0.5) is 0 Å². The lowest BCUT2D eigenvalue weighted by Gasteiger charge is -1.85. The van der Waals surface area contributed by atoms with Crippen LogP contribution in [0, 0.1) is 0 Å². The maximum absolute atomic E-state index is 3.89. The highest BCUT2D eigenvalue weighted by molar-refractivity contribution is 5.85. The first-order chi connectivity index (χ1) is 4.43. The molecule has 0 amide bonds. The molecule has 0 N–H and O–H groups in total. The van der Waals surface area contributed by atoms with Crippen molar-refractivity contribution in [3.05, 3.63) is 24.8 Å². The molecule has 1 rings (SSSR count). The molecule has 0 aliphatic heterocycles. The van der Waals surface area contributed by atoms with Crippen LogP contribution in [0.15, 0.2) is 24.8 Å². The van der Waals surface area contributed by atoms with E-state index in [0.717, 1.165) is 6.42 Å². The Morgan fingerprint density at radius 2 is 2.40 bits per heavy atom. The van der Waals surface area contributed by atoms with Crippen LogP contribution in [0.1, 0.15) is 13.3 Å². The predicted molar refractivity (Wildman–Crippen MR) is 45.1 cm³/mol. The zero-order valence-electron chi connectivity index (χ0n) is 5.90. The van der Waals surface area contributed by atoms with Gasteiger partial charge < -0.3 is 4.57 Å². The molecule has 2 nitrogen and oxygen atoms in total. The number of nitrogens with zero attached hydrogens (tertiary/aromatic N) is 2. The molecule has 0 atom stereocenters. The summed E-state index contributed by atoms with van der Waals surface area (Å²) in [5, 5.41) is 0. The summed E-state index contributed by atoms with van der Waals surface area (Å²) in [6.45, 7) is 2.10. The summed E-state index contributed by atoms with van der Waals surface area (Å²) in [4.78, 5) is 3.89. The Kier molecular flexibility index (Phi) is 4.67. The molecule has 0 aromatic carbocycles. The molecule has 3 heteroatoms. The van der Waals surface area contributed by atoms with E-state index in [1.807, 2.05) is 17.0 Å². The summed E-state index contributed by atoms with van der Waals surface area (Å²) in [5.41, 5.74) is 0. The molecule has 0 aliphatic carbocycles. The molecular weight excluding hydrogens is 148 g/mol. The number of hydrogen-bond acceptors (Lipinski definition) is 1. The Hall–Kier alpha value is -0.760. The van der Waals surface area contributed by atoms with Crippen molar-refractivity contribution < 1.29 is 0 Å². The fourth-order valence-corrected chi connectivity index (χ4v) is 0.585. The van der Waals surface area contributed by atoms with Gasteiger partial charge in [0.2, 0.25) is 0 Å². The topological polar surface area (TPSA) is 17.8 Å². The highest BCUT2D eigenvalue weighted by atomic mass is 35.5. The zero-order valence-corrected chi connectivity index (χ0v) is 6.71. The zero-order chi connectivity index (χ0) is 6.53. The van der Waals surface area contributed by atoms with Gasteiger partial charge in [-0.25, -0.2) is 4.98 Å². The predicted octanol–water partition coefficient (Wildman–Crippen LogP) is 2.19. The highest BCUT2D eigenvalue weighted by Crippen LogP contribution is 1.87. The van der Waals surface area contributed by atoms with Gasteiger partial charge in [0.1, 0.15) is 0 Å². The molecule has 0 radical (unpaired) electrons. The van der Waals surface area contributed by atoms with Gasteiger partial charge in [-0.15, -0.1) is 12.4 Å². The van der Waals surface area contributed by atoms with Crippen molar-refractivity contribution in [2.75, 3.05) is 0 Å². The molecule has 1 aromatic rings. The molecular formula is C7H11ClN2. The van der Waals surface area contributed by atoms with Crippen molar-refractivity contribution in [3.63, 3.8) is 0 Å². The first kappa shape index (κ1) is 9.24. The number of aromatic nitrogens is 2. The largest absolute Gasteiger partial charge is 0.313 e. The van der Waals surface area contributed by atoms with Crippen molar-refractivity contribution in [2.45, 2.75) is 13.3 Å². The van der Waals surface area contributed by atoms with E-state index in [0.29, 0.717) is 0 Å². The SMILES string of the molecule is CCC=Cn1ccnc1.Cl. The molecule has 0 spiro atoms. The highest BCUT2D eigenvalue weighted by Gasteiger charge is 1.76. The van der Waals surface area contributed by atoms with E-state index in [-0.39, 0.29) is 12.4 Å². The van der Waals surface area contributed by atoms with Gasteiger partial charge in [0.05, 0.1) is 6.33 Å². The Labute approximate surface area is 67.0 Å². The lowest BCUT2D eigenvalue weighted by Crippen LogP contribution is -1.76.